The zero-order chi connectivity index (χ0) is 19.2. The molecule has 2 aromatic carbocycles. The fourth-order valence-corrected chi connectivity index (χ4v) is 3.55. The highest BCUT2D eigenvalue weighted by Crippen LogP contribution is 2.31. The van der Waals surface area contributed by atoms with E-state index in [9.17, 15) is 9.59 Å². The van der Waals surface area contributed by atoms with Gasteiger partial charge in [0, 0.05) is 53.9 Å². The standard InChI is InChI=1S/C22H27N3O2/c1-3-25-20-10-7-6-9-18(20)19-15-17(12-13-21(19)25)24-22(27)11-5-4-8-14-23-16(2)26/h6-7,9-10,12-13,15H,3-5,8,11,14H2,1-2H3,(H,23,26)(H,24,27). The molecule has 0 aliphatic carbocycles. The molecule has 0 aliphatic heterocycles. The van der Waals surface area contributed by atoms with Gasteiger partial charge in [-0.2, -0.15) is 0 Å². The van der Waals surface area contributed by atoms with E-state index in [1.54, 1.807) is 0 Å². The second kappa shape index (κ2) is 8.71. The summed E-state index contributed by atoms with van der Waals surface area (Å²) in [6, 6.07) is 14.5. The Labute approximate surface area is 159 Å². The molecule has 0 saturated heterocycles. The van der Waals surface area contributed by atoms with Crippen molar-refractivity contribution in [3.63, 3.8) is 0 Å². The molecular weight excluding hydrogens is 338 g/mol. The molecule has 0 fully saturated rings. The average Bonchev–Trinajstić information content (AvgIpc) is 2.97. The number of aromatic nitrogens is 1. The monoisotopic (exact) mass is 365 g/mol. The number of carbonyl (C=O) groups excluding carboxylic acids is 2. The first-order chi connectivity index (χ1) is 13.1. The van der Waals surface area contributed by atoms with Gasteiger partial charge in [0.25, 0.3) is 0 Å². The summed E-state index contributed by atoms with van der Waals surface area (Å²) in [5.74, 6) is 0.0284. The number of nitrogens with zero attached hydrogens (tertiary/aromatic N) is 1. The lowest BCUT2D eigenvalue weighted by Crippen LogP contribution is -2.20. The first-order valence-electron chi connectivity index (χ1n) is 9.65. The van der Waals surface area contributed by atoms with Gasteiger partial charge < -0.3 is 15.2 Å². The predicted molar refractivity (Wildman–Crippen MR) is 111 cm³/mol. The van der Waals surface area contributed by atoms with Crippen LogP contribution in [0.1, 0.15) is 39.5 Å². The fraction of sp³-hybridized carbons (Fsp3) is 0.364. The number of hydrogen-bond acceptors (Lipinski definition) is 2. The topological polar surface area (TPSA) is 63.1 Å². The van der Waals surface area contributed by atoms with Gasteiger partial charge in [-0.15, -0.1) is 0 Å². The largest absolute Gasteiger partial charge is 0.356 e. The minimum absolute atomic E-state index is 0.00688. The third-order valence-electron chi connectivity index (χ3n) is 4.83. The number of rotatable bonds is 8. The predicted octanol–water partition coefficient (Wildman–Crippen LogP) is 4.45. The molecule has 0 radical (unpaired) electrons. The normalized spacial score (nSPS) is 11.0. The first kappa shape index (κ1) is 19.0. The van der Waals surface area contributed by atoms with Crippen LogP contribution in [0.15, 0.2) is 42.5 Å². The lowest BCUT2D eigenvalue weighted by Gasteiger charge is -2.07. The lowest BCUT2D eigenvalue weighted by molar-refractivity contribution is -0.119. The van der Waals surface area contributed by atoms with Gasteiger partial charge in [-0.25, -0.2) is 0 Å². The van der Waals surface area contributed by atoms with E-state index in [1.807, 2.05) is 12.1 Å². The highest BCUT2D eigenvalue weighted by Gasteiger charge is 2.10. The number of unbranched alkanes of at least 4 members (excludes halogenated alkanes) is 2. The van der Waals surface area contributed by atoms with Crippen LogP contribution in [0.25, 0.3) is 21.8 Å². The summed E-state index contributed by atoms with van der Waals surface area (Å²) in [4.78, 5) is 23.0. The van der Waals surface area contributed by atoms with Crippen molar-refractivity contribution in [2.24, 2.45) is 0 Å². The van der Waals surface area contributed by atoms with Crippen LogP contribution in [-0.4, -0.2) is 22.9 Å². The van der Waals surface area contributed by atoms with Gasteiger partial charge in [-0.05, 0) is 44.0 Å². The van der Waals surface area contributed by atoms with E-state index in [4.69, 9.17) is 0 Å². The molecule has 27 heavy (non-hydrogen) atoms. The summed E-state index contributed by atoms with van der Waals surface area (Å²) in [6.45, 7) is 5.25. The Morgan fingerprint density at radius 3 is 2.52 bits per heavy atom. The van der Waals surface area contributed by atoms with Crippen LogP contribution in [0.2, 0.25) is 0 Å². The number of nitrogens with one attached hydrogen (secondary N) is 2. The zero-order valence-electron chi connectivity index (χ0n) is 16.0. The van der Waals surface area contributed by atoms with Crippen LogP contribution in [0, 0.1) is 0 Å². The Hall–Kier alpha value is -2.82. The van der Waals surface area contributed by atoms with E-state index >= 15 is 0 Å². The number of benzene rings is 2. The summed E-state index contributed by atoms with van der Waals surface area (Å²) in [5.41, 5.74) is 3.25. The maximum absolute atomic E-state index is 12.2. The highest BCUT2D eigenvalue weighted by molar-refractivity contribution is 6.09. The third kappa shape index (κ3) is 4.48. The Kier molecular flexibility index (Phi) is 6.12. The van der Waals surface area contributed by atoms with Crippen molar-refractivity contribution in [1.29, 1.82) is 0 Å². The molecule has 142 valence electrons. The van der Waals surface area contributed by atoms with E-state index in [1.165, 1.54) is 28.7 Å². The number of aryl methyl sites for hydroxylation is 1. The van der Waals surface area contributed by atoms with Gasteiger partial charge in [0.1, 0.15) is 0 Å². The number of anilines is 1. The second-order valence-corrected chi connectivity index (χ2v) is 6.84. The molecule has 0 spiro atoms. The van der Waals surface area contributed by atoms with Crippen molar-refractivity contribution >= 4 is 39.3 Å². The fourth-order valence-electron chi connectivity index (χ4n) is 3.55. The molecule has 3 aromatic rings. The van der Waals surface area contributed by atoms with E-state index in [2.05, 4.69) is 52.5 Å². The van der Waals surface area contributed by atoms with Crippen molar-refractivity contribution in [2.75, 3.05) is 11.9 Å². The van der Waals surface area contributed by atoms with Crippen LogP contribution >= 0.6 is 0 Å². The highest BCUT2D eigenvalue weighted by atomic mass is 16.2. The smallest absolute Gasteiger partial charge is 0.224 e. The molecular formula is C22H27N3O2. The molecule has 0 aliphatic rings. The van der Waals surface area contributed by atoms with Crippen molar-refractivity contribution in [1.82, 2.24) is 9.88 Å². The van der Waals surface area contributed by atoms with Crippen LogP contribution < -0.4 is 10.6 Å². The SMILES string of the molecule is CCn1c2ccccc2c2cc(NC(=O)CCCCCNC(C)=O)ccc21. The minimum atomic E-state index is -0.00688. The van der Waals surface area contributed by atoms with Gasteiger partial charge >= 0.3 is 0 Å². The van der Waals surface area contributed by atoms with Crippen molar-refractivity contribution in [2.45, 2.75) is 46.1 Å². The number of hydrogen-bond donors (Lipinski definition) is 2. The Morgan fingerprint density at radius 1 is 0.963 bits per heavy atom. The van der Waals surface area contributed by atoms with Gasteiger partial charge in [-0.1, -0.05) is 24.6 Å². The summed E-state index contributed by atoms with van der Waals surface area (Å²) in [6.07, 6.45) is 3.14. The molecule has 0 saturated carbocycles. The number of carbonyl (C=O) groups is 2. The van der Waals surface area contributed by atoms with Crippen LogP contribution in [0.4, 0.5) is 5.69 Å². The first-order valence-corrected chi connectivity index (χ1v) is 9.65. The van der Waals surface area contributed by atoms with Gasteiger partial charge in [0.2, 0.25) is 11.8 Å². The molecule has 0 atom stereocenters. The number of fused-ring (bicyclic) bond motifs is 3. The van der Waals surface area contributed by atoms with Crippen molar-refractivity contribution in [3.05, 3.63) is 42.5 Å². The quantitative estimate of drug-likeness (QED) is 0.579. The van der Waals surface area contributed by atoms with Crippen LogP contribution in [-0.2, 0) is 16.1 Å². The van der Waals surface area contributed by atoms with Crippen molar-refractivity contribution in [3.8, 4) is 0 Å². The molecule has 2 amide bonds. The molecule has 1 aromatic heterocycles. The Morgan fingerprint density at radius 2 is 1.74 bits per heavy atom. The second-order valence-electron chi connectivity index (χ2n) is 6.84. The van der Waals surface area contributed by atoms with Gasteiger partial charge in [0.15, 0.2) is 0 Å². The van der Waals surface area contributed by atoms with E-state index in [0.29, 0.717) is 13.0 Å². The molecule has 5 nitrogen and oxygen atoms in total. The van der Waals surface area contributed by atoms with Crippen LogP contribution in [0.3, 0.4) is 0 Å². The number of amides is 2. The summed E-state index contributed by atoms with van der Waals surface area (Å²) >= 11 is 0. The average molecular weight is 365 g/mol. The lowest BCUT2D eigenvalue weighted by atomic mass is 10.1. The number of para-hydroxylation sites is 1. The molecule has 2 N–H and O–H groups in total. The summed E-state index contributed by atoms with van der Waals surface area (Å²) in [5, 5.41) is 8.17. The van der Waals surface area contributed by atoms with E-state index in [0.717, 1.165) is 31.5 Å². The maximum Gasteiger partial charge on any atom is 0.224 e. The Bertz CT molecular complexity index is 959. The van der Waals surface area contributed by atoms with Crippen molar-refractivity contribution < 1.29 is 9.59 Å². The van der Waals surface area contributed by atoms with E-state index in [-0.39, 0.29) is 11.8 Å². The van der Waals surface area contributed by atoms with Crippen LogP contribution in [0.5, 0.6) is 0 Å². The molecule has 0 bridgehead atoms. The minimum Gasteiger partial charge on any atom is -0.356 e. The van der Waals surface area contributed by atoms with Gasteiger partial charge in [0.05, 0.1) is 0 Å². The third-order valence-corrected chi connectivity index (χ3v) is 4.83. The summed E-state index contributed by atoms with van der Waals surface area (Å²) < 4.78 is 2.30. The molecule has 1 heterocycles. The van der Waals surface area contributed by atoms with Gasteiger partial charge in [-0.3, -0.25) is 9.59 Å². The molecule has 5 heteroatoms. The molecule has 3 rings (SSSR count). The Balaban J connectivity index is 1.63. The maximum atomic E-state index is 12.2. The zero-order valence-corrected chi connectivity index (χ0v) is 16.0. The summed E-state index contributed by atoms with van der Waals surface area (Å²) in [7, 11) is 0. The van der Waals surface area contributed by atoms with E-state index < -0.39 is 0 Å². The molecule has 0 unspecified atom stereocenters.